The number of halogens is 1. The van der Waals surface area contributed by atoms with Crippen molar-refractivity contribution < 1.29 is 4.79 Å². The summed E-state index contributed by atoms with van der Waals surface area (Å²) in [7, 11) is 1.83. The number of primary amides is 1. The minimum absolute atomic E-state index is 0.233. The number of hydrogen-bond donors (Lipinski definition) is 2. The largest absolute Gasteiger partial charge is 0.368 e. The second-order valence-corrected chi connectivity index (χ2v) is 6.59. The third-order valence-electron chi connectivity index (χ3n) is 4.14. The second-order valence-electron chi connectivity index (χ2n) is 5.10. The molecular weight excluding hydrogens is 294 g/mol. The molecule has 3 N–H and O–H groups in total. The Morgan fingerprint density at radius 1 is 1.70 bits per heavy atom. The summed E-state index contributed by atoms with van der Waals surface area (Å²) in [4.78, 5) is 16.0. The van der Waals surface area contributed by atoms with Crippen molar-refractivity contribution in [2.75, 3.05) is 12.8 Å². The van der Waals surface area contributed by atoms with Crippen LogP contribution in [0.25, 0.3) is 0 Å². The van der Waals surface area contributed by atoms with Crippen molar-refractivity contribution in [2.45, 2.75) is 36.2 Å². The van der Waals surface area contributed by atoms with Gasteiger partial charge in [-0.15, -0.1) is 11.8 Å². The van der Waals surface area contributed by atoms with E-state index >= 15 is 0 Å². The number of pyridine rings is 1. The first kappa shape index (κ1) is 15.6. The predicted octanol–water partition coefficient (Wildman–Crippen LogP) is 2.46. The Morgan fingerprint density at radius 2 is 2.50 bits per heavy atom. The topological polar surface area (TPSA) is 68.0 Å². The molecule has 1 fully saturated rings. The van der Waals surface area contributed by atoms with Gasteiger partial charge in [-0.1, -0.05) is 18.0 Å². The van der Waals surface area contributed by atoms with E-state index < -0.39 is 5.54 Å². The predicted molar refractivity (Wildman–Crippen MR) is 82.9 cm³/mol. The van der Waals surface area contributed by atoms with Gasteiger partial charge in [-0.3, -0.25) is 4.79 Å². The van der Waals surface area contributed by atoms with Crippen molar-refractivity contribution in [3.63, 3.8) is 0 Å². The van der Waals surface area contributed by atoms with E-state index in [4.69, 9.17) is 17.3 Å². The summed E-state index contributed by atoms with van der Waals surface area (Å²) >= 11 is 7.72. The molecule has 0 bridgehead atoms. The number of hydrogen-bond acceptors (Lipinski definition) is 4. The third kappa shape index (κ3) is 3.10. The van der Waals surface area contributed by atoms with E-state index in [-0.39, 0.29) is 5.91 Å². The molecule has 1 aliphatic carbocycles. The molecule has 0 aromatic carbocycles. The number of thioether (sulfide) groups is 1. The first-order valence-corrected chi connectivity index (χ1v) is 8.18. The maximum Gasteiger partial charge on any atom is 0.238 e. The standard InChI is InChI=1S/C14H20ClN3OS/c1-17-14(13(16)19)7-2-4-10(14)6-9-20-12-11(15)5-3-8-18-12/h3,5,8,10,17H,2,4,6-7,9H2,1H3,(H2,16,19). The molecule has 1 aliphatic rings. The Hall–Kier alpha value is -0.780. The van der Waals surface area contributed by atoms with E-state index in [9.17, 15) is 4.79 Å². The molecule has 110 valence electrons. The molecule has 6 heteroatoms. The smallest absolute Gasteiger partial charge is 0.238 e. The van der Waals surface area contributed by atoms with Crippen LogP contribution < -0.4 is 11.1 Å². The molecule has 1 saturated carbocycles. The molecular formula is C14H20ClN3OS. The van der Waals surface area contributed by atoms with Crippen molar-refractivity contribution >= 4 is 29.3 Å². The zero-order chi connectivity index (χ0) is 14.6. The fourth-order valence-electron chi connectivity index (χ4n) is 3.02. The summed E-state index contributed by atoms with van der Waals surface area (Å²) in [5, 5.41) is 4.69. The number of nitrogens with zero attached hydrogens (tertiary/aromatic N) is 1. The van der Waals surface area contributed by atoms with E-state index in [1.54, 1.807) is 18.0 Å². The van der Waals surface area contributed by atoms with Gasteiger partial charge in [-0.2, -0.15) is 0 Å². The maximum absolute atomic E-state index is 11.8. The van der Waals surface area contributed by atoms with Gasteiger partial charge in [0.15, 0.2) is 0 Å². The Balaban J connectivity index is 1.94. The van der Waals surface area contributed by atoms with Crippen LogP contribution >= 0.6 is 23.4 Å². The normalized spacial score (nSPS) is 25.8. The first-order chi connectivity index (χ1) is 9.60. The monoisotopic (exact) mass is 313 g/mol. The minimum Gasteiger partial charge on any atom is -0.368 e. The highest BCUT2D eigenvalue weighted by atomic mass is 35.5. The SMILES string of the molecule is CNC1(C(N)=O)CCCC1CCSc1ncccc1Cl. The van der Waals surface area contributed by atoms with Gasteiger partial charge >= 0.3 is 0 Å². The van der Waals surface area contributed by atoms with Crippen molar-refractivity contribution in [3.8, 4) is 0 Å². The van der Waals surface area contributed by atoms with E-state index in [0.29, 0.717) is 10.9 Å². The van der Waals surface area contributed by atoms with Crippen molar-refractivity contribution in [1.82, 2.24) is 10.3 Å². The average molecular weight is 314 g/mol. The fourth-order valence-corrected chi connectivity index (χ4v) is 4.24. The maximum atomic E-state index is 11.8. The molecule has 4 nitrogen and oxygen atoms in total. The lowest BCUT2D eigenvalue weighted by Gasteiger charge is -2.32. The van der Waals surface area contributed by atoms with Crippen LogP contribution in [0.4, 0.5) is 0 Å². The second kappa shape index (κ2) is 6.78. The molecule has 2 atom stereocenters. The third-order valence-corrected chi connectivity index (χ3v) is 5.59. The van der Waals surface area contributed by atoms with Crippen LogP contribution in [0.3, 0.4) is 0 Å². The quantitative estimate of drug-likeness (QED) is 0.792. The lowest BCUT2D eigenvalue weighted by atomic mass is 9.84. The molecule has 2 rings (SSSR count). The molecule has 0 spiro atoms. The number of amides is 1. The minimum atomic E-state index is -0.533. The van der Waals surface area contributed by atoms with Gasteiger partial charge in [0.25, 0.3) is 0 Å². The van der Waals surface area contributed by atoms with Crippen LogP contribution in [-0.4, -0.2) is 29.2 Å². The average Bonchev–Trinajstić information content (AvgIpc) is 2.85. The zero-order valence-corrected chi connectivity index (χ0v) is 13.1. The lowest BCUT2D eigenvalue weighted by molar-refractivity contribution is -0.125. The summed E-state index contributed by atoms with van der Waals surface area (Å²) in [5.41, 5.74) is 5.07. The molecule has 20 heavy (non-hydrogen) atoms. The Morgan fingerprint density at radius 3 is 3.15 bits per heavy atom. The van der Waals surface area contributed by atoms with Gasteiger partial charge in [-0.05, 0) is 50.1 Å². The molecule has 0 radical (unpaired) electrons. The van der Waals surface area contributed by atoms with Crippen LogP contribution in [0.15, 0.2) is 23.4 Å². The molecule has 1 aromatic heterocycles. The van der Waals surface area contributed by atoms with Crippen LogP contribution in [0.5, 0.6) is 0 Å². The van der Waals surface area contributed by atoms with E-state index in [0.717, 1.165) is 36.5 Å². The van der Waals surface area contributed by atoms with Gasteiger partial charge in [-0.25, -0.2) is 4.98 Å². The molecule has 0 saturated heterocycles. The molecule has 1 heterocycles. The summed E-state index contributed by atoms with van der Waals surface area (Å²) in [6, 6.07) is 3.66. The number of rotatable bonds is 6. The van der Waals surface area contributed by atoms with Gasteiger partial charge < -0.3 is 11.1 Å². The van der Waals surface area contributed by atoms with Crippen LogP contribution in [0.2, 0.25) is 5.02 Å². The summed E-state index contributed by atoms with van der Waals surface area (Å²) in [6.07, 6.45) is 5.59. The number of nitrogens with one attached hydrogen (secondary N) is 1. The Bertz CT molecular complexity index is 485. The molecule has 2 unspecified atom stereocenters. The van der Waals surface area contributed by atoms with Gasteiger partial charge in [0.1, 0.15) is 10.6 Å². The van der Waals surface area contributed by atoms with Crippen LogP contribution in [-0.2, 0) is 4.79 Å². The van der Waals surface area contributed by atoms with E-state index in [2.05, 4.69) is 10.3 Å². The Labute approximate surface area is 128 Å². The van der Waals surface area contributed by atoms with Crippen LogP contribution in [0.1, 0.15) is 25.7 Å². The first-order valence-electron chi connectivity index (χ1n) is 6.82. The van der Waals surface area contributed by atoms with Crippen molar-refractivity contribution in [3.05, 3.63) is 23.4 Å². The zero-order valence-electron chi connectivity index (χ0n) is 11.6. The number of aromatic nitrogens is 1. The highest BCUT2D eigenvalue weighted by Gasteiger charge is 2.45. The molecule has 0 aliphatic heterocycles. The number of carbonyl (C=O) groups excluding carboxylic acids is 1. The van der Waals surface area contributed by atoms with Crippen LogP contribution in [0, 0.1) is 5.92 Å². The highest BCUT2D eigenvalue weighted by Crippen LogP contribution is 2.39. The number of nitrogens with two attached hydrogens (primary N) is 1. The summed E-state index contributed by atoms with van der Waals surface area (Å²) in [6.45, 7) is 0. The van der Waals surface area contributed by atoms with Gasteiger partial charge in [0.05, 0.1) is 5.02 Å². The summed E-state index contributed by atoms with van der Waals surface area (Å²) in [5.74, 6) is 0.946. The molecule has 1 amide bonds. The lowest BCUT2D eigenvalue weighted by Crippen LogP contribution is -2.56. The number of likely N-dealkylation sites (N-methyl/N-ethyl adjacent to an activating group) is 1. The van der Waals surface area contributed by atoms with E-state index in [1.165, 1.54) is 0 Å². The van der Waals surface area contributed by atoms with Gasteiger partial charge in [0, 0.05) is 6.20 Å². The van der Waals surface area contributed by atoms with Crippen molar-refractivity contribution in [2.24, 2.45) is 11.7 Å². The Kier molecular flexibility index (Phi) is 5.29. The van der Waals surface area contributed by atoms with Crippen molar-refractivity contribution in [1.29, 1.82) is 0 Å². The highest BCUT2D eigenvalue weighted by molar-refractivity contribution is 7.99. The fraction of sp³-hybridized carbons (Fsp3) is 0.571. The van der Waals surface area contributed by atoms with Gasteiger partial charge in [0.2, 0.25) is 5.91 Å². The molecule has 1 aromatic rings. The number of carbonyl (C=O) groups is 1. The van der Waals surface area contributed by atoms with E-state index in [1.807, 2.05) is 19.2 Å². The summed E-state index contributed by atoms with van der Waals surface area (Å²) < 4.78 is 0.